The zero-order valence-corrected chi connectivity index (χ0v) is 19.8. The molecule has 4 amide bonds. The van der Waals surface area contributed by atoms with Crippen LogP contribution in [0.5, 0.6) is 0 Å². The molecule has 36 heavy (non-hydrogen) atoms. The SMILES string of the molecule is O=C(CN1C(=O)SC(=C2CCN(C(=O)c3ccccc3C(F)(F)F)CC2)C1=O)NCc1ccccc1. The van der Waals surface area contributed by atoms with Crippen molar-refractivity contribution in [2.75, 3.05) is 19.6 Å². The Morgan fingerprint density at radius 3 is 2.25 bits per heavy atom. The number of likely N-dealkylation sites (tertiary alicyclic amines) is 1. The van der Waals surface area contributed by atoms with Gasteiger partial charge in [-0.3, -0.25) is 24.1 Å². The Labute approximate surface area is 209 Å². The van der Waals surface area contributed by atoms with Crippen molar-refractivity contribution < 1.29 is 32.3 Å². The average molecular weight is 518 g/mol. The number of benzene rings is 2. The van der Waals surface area contributed by atoms with Gasteiger partial charge in [-0.25, -0.2) is 0 Å². The van der Waals surface area contributed by atoms with Crippen molar-refractivity contribution in [1.82, 2.24) is 15.1 Å². The van der Waals surface area contributed by atoms with E-state index < -0.39 is 46.8 Å². The quantitative estimate of drug-likeness (QED) is 0.601. The number of rotatable bonds is 5. The van der Waals surface area contributed by atoms with Crippen LogP contribution in [0, 0.1) is 0 Å². The predicted octanol–water partition coefficient (Wildman–Crippen LogP) is 4.21. The Hall–Kier alpha value is -3.60. The smallest absolute Gasteiger partial charge is 0.350 e. The molecule has 7 nitrogen and oxygen atoms in total. The molecule has 2 aromatic rings. The van der Waals surface area contributed by atoms with Crippen molar-refractivity contribution in [1.29, 1.82) is 0 Å². The van der Waals surface area contributed by atoms with Crippen molar-refractivity contribution in [2.45, 2.75) is 25.6 Å². The molecular weight excluding hydrogens is 495 g/mol. The molecule has 0 spiro atoms. The van der Waals surface area contributed by atoms with Gasteiger partial charge in [-0.05, 0) is 47.9 Å². The third kappa shape index (κ3) is 5.62. The average Bonchev–Trinajstić information content (AvgIpc) is 3.15. The molecule has 4 rings (SSSR count). The molecule has 2 saturated heterocycles. The zero-order chi connectivity index (χ0) is 25.9. The second-order valence-electron chi connectivity index (χ2n) is 8.29. The van der Waals surface area contributed by atoms with Crippen LogP contribution in [0.25, 0.3) is 0 Å². The predicted molar refractivity (Wildman–Crippen MR) is 127 cm³/mol. The number of piperidine rings is 1. The number of nitrogens with zero attached hydrogens (tertiary/aromatic N) is 2. The lowest BCUT2D eigenvalue weighted by molar-refractivity contribution is -0.138. The molecule has 0 unspecified atom stereocenters. The number of alkyl halides is 3. The highest BCUT2D eigenvalue weighted by Gasteiger charge is 2.40. The van der Waals surface area contributed by atoms with Crippen molar-refractivity contribution in [3.63, 3.8) is 0 Å². The molecule has 0 atom stereocenters. The molecule has 0 bridgehead atoms. The van der Waals surface area contributed by atoms with Gasteiger partial charge in [0.1, 0.15) is 6.54 Å². The summed E-state index contributed by atoms with van der Waals surface area (Å²) in [6, 6.07) is 13.8. The topological polar surface area (TPSA) is 86.8 Å². The fraction of sp³-hybridized carbons (Fsp3) is 0.280. The van der Waals surface area contributed by atoms with E-state index in [2.05, 4.69) is 5.32 Å². The first-order chi connectivity index (χ1) is 17.1. The van der Waals surface area contributed by atoms with Crippen molar-refractivity contribution in [3.05, 3.63) is 81.8 Å². The molecular formula is C25H22F3N3O4S. The van der Waals surface area contributed by atoms with Gasteiger partial charge in [-0.1, -0.05) is 42.5 Å². The second kappa shape index (κ2) is 10.6. The summed E-state index contributed by atoms with van der Waals surface area (Å²) in [5, 5.41) is 2.12. The first-order valence-corrected chi connectivity index (χ1v) is 12.0. The highest BCUT2D eigenvalue weighted by molar-refractivity contribution is 8.18. The Morgan fingerprint density at radius 2 is 1.58 bits per heavy atom. The van der Waals surface area contributed by atoms with E-state index in [1.165, 1.54) is 17.0 Å². The minimum Gasteiger partial charge on any atom is -0.350 e. The normalized spacial score (nSPS) is 16.5. The van der Waals surface area contributed by atoms with E-state index in [1.54, 1.807) is 0 Å². The first kappa shape index (κ1) is 25.5. The molecule has 2 heterocycles. The second-order valence-corrected chi connectivity index (χ2v) is 9.25. The minimum absolute atomic E-state index is 0.115. The maximum atomic E-state index is 13.3. The highest BCUT2D eigenvalue weighted by Crippen LogP contribution is 2.37. The van der Waals surface area contributed by atoms with Gasteiger partial charge in [-0.15, -0.1) is 0 Å². The fourth-order valence-electron chi connectivity index (χ4n) is 4.04. The lowest BCUT2D eigenvalue weighted by atomic mass is 10.0. The van der Waals surface area contributed by atoms with E-state index in [0.717, 1.165) is 34.4 Å². The summed E-state index contributed by atoms with van der Waals surface area (Å²) < 4.78 is 39.9. The number of thioether (sulfide) groups is 1. The number of halogens is 3. The van der Waals surface area contributed by atoms with Gasteiger partial charge in [-0.2, -0.15) is 13.2 Å². The van der Waals surface area contributed by atoms with Gasteiger partial charge in [0.2, 0.25) is 5.91 Å². The number of carbonyl (C=O) groups is 4. The number of imide groups is 1. The van der Waals surface area contributed by atoms with E-state index in [0.29, 0.717) is 5.57 Å². The van der Waals surface area contributed by atoms with Gasteiger partial charge < -0.3 is 10.2 Å². The van der Waals surface area contributed by atoms with Crippen LogP contribution >= 0.6 is 11.8 Å². The molecule has 11 heteroatoms. The van der Waals surface area contributed by atoms with E-state index in [4.69, 9.17) is 0 Å². The number of hydrogen-bond donors (Lipinski definition) is 1. The molecule has 188 valence electrons. The number of amides is 4. The lowest BCUT2D eigenvalue weighted by Gasteiger charge is -2.29. The fourth-order valence-corrected chi connectivity index (χ4v) is 5.02. The molecule has 1 N–H and O–H groups in total. The summed E-state index contributed by atoms with van der Waals surface area (Å²) >= 11 is 0.741. The Morgan fingerprint density at radius 1 is 0.944 bits per heavy atom. The summed E-state index contributed by atoms with van der Waals surface area (Å²) in [7, 11) is 0. The highest BCUT2D eigenvalue weighted by atomic mass is 32.2. The van der Waals surface area contributed by atoms with Gasteiger partial charge in [0, 0.05) is 19.6 Å². The van der Waals surface area contributed by atoms with E-state index in [-0.39, 0.29) is 37.4 Å². The van der Waals surface area contributed by atoms with Crippen molar-refractivity contribution >= 4 is 34.7 Å². The molecule has 0 aliphatic carbocycles. The number of nitrogens with one attached hydrogen (secondary N) is 1. The van der Waals surface area contributed by atoms with Gasteiger partial charge in [0.15, 0.2) is 0 Å². The van der Waals surface area contributed by atoms with E-state index in [1.807, 2.05) is 30.3 Å². The van der Waals surface area contributed by atoms with Crippen LogP contribution in [0.4, 0.5) is 18.0 Å². The third-order valence-corrected chi connectivity index (χ3v) is 6.98. The maximum Gasteiger partial charge on any atom is 0.417 e. The largest absolute Gasteiger partial charge is 0.417 e. The standard InChI is InChI=1S/C25H22F3N3O4S/c26-25(27,28)19-9-5-4-8-18(19)22(33)30-12-10-17(11-13-30)21-23(34)31(24(35)36-21)15-20(32)29-14-16-6-2-1-3-7-16/h1-9H,10-15H2,(H,29,32). The molecule has 2 aliphatic rings. The van der Waals surface area contributed by atoms with Gasteiger partial charge >= 0.3 is 6.18 Å². The summed E-state index contributed by atoms with van der Waals surface area (Å²) in [5.41, 5.74) is 0.114. The Kier molecular flexibility index (Phi) is 7.48. The first-order valence-electron chi connectivity index (χ1n) is 11.2. The molecule has 0 radical (unpaired) electrons. The zero-order valence-electron chi connectivity index (χ0n) is 19.0. The van der Waals surface area contributed by atoms with Crippen LogP contribution in [0.1, 0.15) is 34.3 Å². The van der Waals surface area contributed by atoms with Crippen molar-refractivity contribution in [2.24, 2.45) is 0 Å². The molecule has 2 aromatic carbocycles. The maximum absolute atomic E-state index is 13.3. The third-order valence-electron chi connectivity index (χ3n) is 5.92. The monoisotopic (exact) mass is 517 g/mol. The lowest BCUT2D eigenvalue weighted by Crippen LogP contribution is -2.40. The molecule has 2 aliphatic heterocycles. The van der Waals surface area contributed by atoms with Crippen LogP contribution < -0.4 is 5.32 Å². The van der Waals surface area contributed by atoms with Crippen molar-refractivity contribution in [3.8, 4) is 0 Å². The molecule has 0 saturated carbocycles. The summed E-state index contributed by atoms with van der Waals surface area (Å²) in [6.45, 7) is 0.0817. The van der Waals surface area contributed by atoms with E-state index >= 15 is 0 Å². The molecule has 0 aromatic heterocycles. The van der Waals surface area contributed by atoms with Crippen LogP contribution in [0.2, 0.25) is 0 Å². The minimum atomic E-state index is -4.65. The summed E-state index contributed by atoms with van der Waals surface area (Å²) in [6.07, 6.45) is -4.16. The number of carbonyl (C=O) groups excluding carboxylic acids is 4. The Bertz CT molecular complexity index is 1220. The van der Waals surface area contributed by atoms with Crippen LogP contribution in [0.15, 0.2) is 65.1 Å². The van der Waals surface area contributed by atoms with Crippen LogP contribution in [-0.2, 0) is 22.3 Å². The summed E-state index contributed by atoms with van der Waals surface area (Å²) in [5.74, 6) is -1.78. The van der Waals surface area contributed by atoms with Crippen LogP contribution in [-0.4, -0.2) is 52.4 Å². The van der Waals surface area contributed by atoms with Crippen LogP contribution in [0.3, 0.4) is 0 Å². The molecule has 2 fully saturated rings. The van der Waals surface area contributed by atoms with E-state index in [9.17, 15) is 32.3 Å². The van der Waals surface area contributed by atoms with Gasteiger partial charge in [0.25, 0.3) is 17.1 Å². The summed E-state index contributed by atoms with van der Waals surface area (Å²) in [4.78, 5) is 52.8. The number of hydrogen-bond acceptors (Lipinski definition) is 5. The van der Waals surface area contributed by atoms with Gasteiger partial charge in [0.05, 0.1) is 16.0 Å². The Balaban J connectivity index is 1.37.